The van der Waals surface area contributed by atoms with Gasteiger partial charge in [-0.25, -0.2) is 0 Å². The minimum absolute atomic E-state index is 0.414. The van der Waals surface area contributed by atoms with E-state index in [2.05, 4.69) is 5.32 Å². The standard InChI is InChI=1S/C9H9NO2/c1-10-9(12)8(11)7-5-3-2-4-6-7/h2-6H,1H3,(H,10,12). The second-order valence-electron chi connectivity index (χ2n) is 2.27. The highest BCUT2D eigenvalue weighted by Gasteiger charge is 2.12. The van der Waals surface area contributed by atoms with Gasteiger partial charge in [0.1, 0.15) is 0 Å². The molecule has 0 aliphatic heterocycles. The molecule has 0 fully saturated rings. The molecule has 0 aliphatic rings. The molecular weight excluding hydrogens is 154 g/mol. The molecule has 3 nitrogen and oxygen atoms in total. The average Bonchev–Trinajstić information content (AvgIpc) is 2.17. The van der Waals surface area contributed by atoms with Crippen molar-refractivity contribution in [2.45, 2.75) is 0 Å². The Morgan fingerprint density at radius 3 is 2.25 bits per heavy atom. The third-order valence-electron chi connectivity index (χ3n) is 1.47. The molecule has 0 spiro atoms. The maximum absolute atomic E-state index is 11.2. The third kappa shape index (κ3) is 1.69. The van der Waals surface area contributed by atoms with Gasteiger partial charge in [0.25, 0.3) is 5.91 Å². The van der Waals surface area contributed by atoms with Crippen LogP contribution in [0.5, 0.6) is 0 Å². The predicted molar refractivity (Wildman–Crippen MR) is 44.8 cm³/mol. The van der Waals surface area contributed by atoms with E-state index < -0.39 is 11.7 Å². The lowest BCUT2D eigenvalue weighted by molar-refractivity contribution is -0.116. The van der Waals surface area contributed by atoms with E-state index in [0.29, 0.717) is 5.56 Å². The first-order valence-corrected chi connectivity index (χ1v) is 3.57. The monoisotopic (exact) mass is 163 g/mol. The van der Waals surface area contributed by atoms with Crippen molar-refractivity contribution in [1.82, 2.24) is 5.32 Å². The maximum atomic E-state index is 11.2. The summed E-state index contributed by atoms with van der Waals surface area (Å²) in [5, 5.41) is 2.27. The Kier molecular flexibility index (Phi) is 2.58. The molecule has 0 atom stereocenters. The fourth-order valence-corrected chi connectivity index (χ4v) is 0.834. The maximum Gasteiger partial charge on any atom is 0.292 e. The Labute approximate surface area is 70.4 Å². The van der Waals surface area contributed by atoms with E-state index >= 15 is 0 Å². The molecule has 1 rings (SSSR count). The number of likely N-dealkylation sites (N-methyl/N-ethyl adjacent to an activating group) is 1. The number of hydrogen-bond donors (Lipinski definition) is 1. The topological polar surface area (TPSA) is 46.2 Å². The van der Waals surface area contributed by atoms with Crippen LogP contribution in [0.4, 0.5) is 0 Å². The van der Waals surface area contributed by atoms with Crippen LogP contribution < -0.4 is 5.32 Å². The van der Waals surface area contributed by atoms with E-state index in [1.165, 1.54) is 7.05 Å². The lowest BCUT2D eigenvalue weighted by Gasteiger charge is -1.97. The highest BCUT2D eigenvalue weighted by atomic mass is 16.2. The molecule has 3 heteroatoms. The first-order valence-electron chi connectivity index (χ1n) is 3.57. The van der Waals surface area contributed by atoms with Gasteiger partial charge >= 0.3 is 0 Å². The molecule has 0 saturated carbocycles. The number of nitrogens with one attached hydrogen (secondary N) is 1. The molecule has 0 radical (unpaired) electrons. The van der Waals surface area contributed by atoms with Crippen molar-refractivity contribution >= 4 is 11.7 Å². The van der Waals surface area contributed by atoms with Gasteiger partial charge in [0.05, 0.1) is 0 Å². The SMILES string of the molecule is CNC(=O)C(=O)c1ccccc1. The van der Waals surface area contributed by atoms with Crippen molar-refractivity contribution in [1.29, 1.82) is 0 Å². The Hall–Kier alpha value is -1.64. The molecule has 1 amide bonds. The second-order valence-corrected chi connectivity index (χ2v) is 2.27. The Morgan fingerprint density at radius 2 is 1.75 bits per heavy atom. The van der Waals surface area contributed by atoms with Gasteiger partial charge in [-0.15, -0.1) is 0 Å². The fraction of sp³-hybridized carbons (Fsp3) is 0.111. The summed E-state index contributed by atoms with van der Waals surface area (Å²) in [5.41, 5.74) is 0.414. The number of amides is 1. The summed E-state index contributed by atoms with van der Waals surface area (Å²) in [5.74, 6) is -1.08. The van der Waals surface area contributed by atoms with Crippen molar-refractivity contribution in [3.05, 3.63) is 35.9 Å². The van der Waals surface area contributed by atoms with E-state index in [4.69, 9.17) is 0 Å². The number of ketones is 1. The summed E-state index contributed by atoms with van der Waals surface area (Å²) in [6, 6.07) is 8.45. The van der Waals surface area contributed by atoms with Gasteiger partial charge in [-0.05, 0) is 0 Å². The van der Waals surface area contributed by atoms with Gasteiger partial charge in [0, 0.05) is 12.6 Å². The zero-order valence-corrected chi connectivity index (χ0v) is 6.70. The van der Waals surface area contributed by atoms with Crippen LogP contribution in [0.1, 0.15) is 10.4 Å². The van der Waals surface area contributed by atoms with Crippen molar-refractivity contribution < 1.29 is 9.59 Å². The van der Waals surface area contributed by atoms with Crippen LogP contribution in [0.25, 0.3) is 0 Å². The molecule has 0 unspecified atom stereocenters. The number of rotatable bonds is 2. The van der Waals surface area contributed by atoms with Crippen LogP contribution in [0.3, 0.4) is 0 Å². The van der Waals surface area contributed by atoms with Gasteiger partial charge in [-0.1, -0.05) is 30.3 Å². The summed E-state index contributed by atoms with van der Waals surface area (Å²) < 4.78 is 0. The smallest absolute Gasteiger partial charge is 0.292 e. The quantitative estimate of drug-likeness (QED) is 0.513. The highest BCUT2D eigenvalue weighted by molar-refractivity contribution is 6.42. The van der Waals surface area contributed by atoms with Gasteiger partial charge in [-0.2, -0.15) is 0 Å². The molecule has 1 N–H and O–H groups in total. The van der Waals surface area contributed by atoms with E-state index in [1.54, 1.807) is 30.3 Å². The van der Waals surface area contributed by atoms with E-state index in [-0.39, 0.29) is 0 Å². The predicted octanol–water partition coefficient (Wildman–Crippen LogP) is 0.615. The van der Waals surface area contributed by atoms with Crippen molar-refractivity contribution in [2.75, 3.05) is 7.05 Å². The zero-order chi connectivity index (χ0) is 8.97. The third-order valence-corrected chi connectivity index (χ3v) is 1.47. The largest absolute Gasteiger partial charge is 0.352 e. The molecule has 0 aromatic heterocycles. The minimum Gasteiger partial charge on any atom is -0.352 e. The molecule has 0 saturated heterocycles. The number of hydrogen-bond acceptors (Lipinski definition) is 2. The second kappa shape index (κ2) is 3.67. The molecule has 0 bridgehead atoms. The zero-order valence-electron chi connectivity index (χ0n) is 6.70. The Bertz CT molecular complexity index is 293. The molecule has 62 valence electrons. The van der Waals surface area contributed by atoms with Gasteiger partial charge in [0.15, 0.2) is 0 Å². The lowest BCUT2D eigenvalue weighted by Crippen LogP contribution is -2.27. The van der Waals surface area contributed by atoms with Crippen LogP contribution >= 0.6 is 0 Å². The average molecular weight is 163 g/mol. The number of Topliss-reactive ketones (excluding diaryl/α,β-unsaturated/α-hetero) is 1. The summed E-state index contributed by atoms with van der Waals surface area (Å²) in [4.78, 5) is 22.0. The lowest BCUT2D eigenvalue weighted by atomic mass is 10.1. The summed E-state index contributed by atoms with van der Waals surface area (Å²) >= 11 is 0. The van der Waals surface area contributed by atoms with E-state index in [9.17, 15) is 9.59 Å². The Morgan fingerprint density at radius 1 is 1.17 bits per heavy atom. The normalized spacial score (nSPS) is 9.08. The van der Waals surface area contributed by atoms with E-state index in [1.807, 2.05) is 0 Å². The van der Waals surface area contributed by atoms with Crippen LogP contribution in [0.15, 0.2) is 30.3 Å². The van der Waals surface area contributed by atoms with Gasteiger partial charge in [-0.3, -0.25) is 9.59 Å². The summed E-state index contributed by atoms with van der Waals surface area (Å²) in [6.07, 6.45) is 0. The van der Waals surface area contributed by atoms with Gasteiger partial charge < -0.3 is 5.32 Å². The minimum atomic E-state index is -0.582. The molecule has 12 heavy (non-hydrogen) atoms. The van der Waals surface area contributed by atoms with Crippen LogP contribution in [-0.2, 0) is 4.79 Å². The van der Waals surface area contributed by atoms with Crippen LogP contribution in [-0.4, -0.2) is 18.7 Å². The van der Waals surface area contributed by atoms with Crippen molar-refractivity contribution in [3.63, 3.8) is 0 Å². The molecule has 1 aromatic rings. The molecule has 0 aliphatic carbocycles. The van der Waals surface area contributed by atoms with E-state index in [0.717, 1.165) is 0 Å². The van der Waals surface area contributed by atoms with Crippen molar-refractivity contribution in [2.24, 2.45) is 0 Å². The first kappa shape index (κ1) is 8.46. The molecule has 1 aromatic carbocycles. The highest BCUT2D eigenvalue weighted by Crippen LogP contribution is 1.98. The molecule has 0 heterocycles. The number of benzene rings is 1. The summed E-state index contributed by atoms with van der Waals surface area (Å²) in [7, 11) is 1.43. The Balaban J connectivity index is 2.86. The van der Waals surface area contributed by atoms with Gasteiger partial charge in [0.2, 0.25) is 5.78 Å². The van der Waals surface area contributed by atoms with Crippen molar-refractivity contribution in [3.8, 4) is 0 Å². The number of carbonyl (C=O) groups is 2. The fourth-order valence-electron chi connectivity index (χ4n) is 0.834. The number of carbonyl (C=O) groups excluding carboxylic acids is 2. The van der Waals surface area contributed by atoms with Crippen LogP contribution in [0, 0.1) is 0 Å². The molecular formula is C9H9NO2. The summed E-state index contributed by atoms with van der Waals surface area (Å²) in [6.45, 7) is 0. The first-order chi connectivity index (χ1) is 5.75. The van der Waals surface area contributed by atoms with Crippen LogP contribution in [0.2, 0.25) is 0 Å².